The van der Waals surface area contributed by atoms with Gasteiger partial charge in [0.15, 0.2) is 0 Å². The highest BCUT2D eigenvalue weighted by Gasteiger charge is 2.74. The normalized spacial score (nSPS) is 25.1. The molecule has 44 heavy (non-hydrogen) atoms. The Morgan fingerprint density at radius 3 is 2.25 bits per heavy atom. The summed E-state index contributed by atoms with van der Waals surface area (Å²) in [6, 6.07) is 13.3. The summed E-state index contributed by atoms with van der Waals surface area (Å²) in [5.41, 5.74) is 0.130. The summed E-state index contributed by atoms with van der Waals surface area (Å²) in [5, 5.41) is 10.0. The molecule has 5 atom stereocenters. The minimum Gasteiger partial charge on any atom is -0.494 e. The van der Waals surface area contributed by atoms with E-state index in [-0.39, 0.29) is 44.0 Å². The molecule has 0 saturated carbocycles. The Bertz CT molecular complexity index is 1380. The lowest BCUT2D eigenvalue weighted by Gasteiger charge is -2.37. The van der Waals surface area contributed by atoms with Gasteiger partial charge in [-0.25, -0.2) is 0 Å². The number of amides is 3. The summed E-state index contributed by atoms with van der Waals surface area (Å²) in [6.45, 7) is 10.8. The zero-order chi connectivity index (χ0) is 31.4. The summed E-state index contributed by atoms with van der Waals surface area (Å²) in [6.07, 6.45) is 4.82. The van der Waals surface area contributed by atoms with Crippen LogP contribution in [0.4, 0.5) is 11.4 Å². The summed E-state index contributed by atoms with van der Waals surface area (Å²) in [4.78, 5) is 48.1. The van der Waals surface area contributed by atoms with Gasteiger partial charge in [-0.1, -0.05) is 23.8 Å². The molecule has 10 heteroatoms. The van der Waals surface area contributed by atoms with Crippen molar-refractivity contribution in [1.82, 2.24) is 4.90 Å². The maximum absolute atomic E-state index is 14.6. The Morgan fingerprint density at radius 1 is 1.05 bits per heavy atom. The molecule has 234 valence electrons. The zero-order valence-corrected chi connectivity index (χ0v) is 25.8. The lowest BCUT2D eigenvalue weighted by Crippen LogP contribution is -2.56. The molecule has 3 aliphatic heterocycles. The van der Waals surface area contributed by atoms with E-state index < -0.39 is 29.6 Å². The van der Waals surface area contributed by atoms with Crippen LogP contribution in [0.2, 0.25) is 5.02 Å². The quantitative estimate of drug-likeness (QED) is 0.244. The second-order valence-corrected chi connectivity index (χ2v) is 11.8. The highest BCUT2D eigenvalue weighted by atomic mass is 35.5. The van der Waals surface area contributed by atoms with E-state index >= 15 is 0 Å². The summed E-state index contributed by atoms with van der Waals surface area (Å²) >= 11 is 6.13. The first-order valence-electron chi connectivity index (χ1n) is 15.2. The number of ether oxygens (including phenoxy) is 2. The monoisotopic (exact) mass is 621 g/mol. The Labute approximate surface area is 263 Å². The fraction of sp³-hybridized carbons (Fsp3) is 0.441. The molecule has 0 aromatic heterocycles. The van der Waals surface area contributed by atoms with Gasteiger partial charge in [0, 0.05) is 42.6 Å². The molecule has 5 rings (SSSR count). The zero-order valence-electron chi connectivity index (χ0n) is 25.1. The predicted molar refractivity (Wildman–Crippen MR) is 170 cm³/mol. The topological polar surface area (TPSA) is 99.6 Å². The molecule has 3 aliphatic rings. The van der Waals surface area contributed by atoms with Crippen LogP contribution in [0.1, 0.15) is 32.6 Å². The second kappa shape index (κ2) is 13.5. The molecule has 2 unspecified atom stereocenters. The SMILES string of the molecule is C=CCN(C(=O)C1N(CCCCO)C(=O)[C@@H]2[C@H](C(=O)N(CC=C)c3ccc(OCC)cc3)[C@@H]3CCC12O3)c1ccc(Cl)cc1. The number of rotatable bonds is 14. The van der Waals surface area contributed by atoms with Gasteiger partial charge >= 0.3 is 0 Å². The molecule has 3 amide bonds. The molecule has 9 nitrogen and oxygen atoms in total. The van der Waals surface area contributed by atoms with E-state index in [1.807, 2.05) is 31.2 Å². The van der Waals surface area contributed by atoms with Gasteiger partial charge in [-0.05, 0) is 81.1 Å². The van der Waals surface area contributed by atoms with Gasteiger partial charge in [-0.15, -0.1) is 13.2 Å². The van der Waals surface area contributed by atoms with E-state index in [9.17, 15) is 19.5 Å². The van der Waals surface area contributed by atoms with Crippen LogP contribution >= 0.6 is 11.6 Å². The molecule has 2 aromatic carbocycles. The number of aliphatic hydroxyl groups is 1. The van der Waals surface area contributed by atoms with E-state index in [4.69, 9.17) is 21.1 Å². The lowest BCUT2D eigenvalue weighted by atomic mass is 9.70. The number of carbonyl (C=O) groups is 3. The van der Waals surface area contributed by atoms with Crippen molar-refractivity contribution >= 4 is 40.7 Å². The third kappa shape index (κ3) is 5.64. The van der Waals surface area contributed by atoms with Crippen LogP contribution in [0.25, 0.3) is 0 Å². The van der Waals surface area contributed by atoms with Crippen molar-refractivity contribution in [2.24, 2.45) is 11.8 Å². The predicted octanol–water partition coefficient (Wildman–Crippen LogP) is 4.62. The molecule has 3 heterocycles. The third-order valence-electron chi connectivity index (χ3n) is 8.88. The van der Waals surface area contributed by atoms with Crippen molar-refractivity contribution < 1.29 is 29.0 Å². The maximum Gasteiger partial charge on any atom is 0.253 e. The van der Waals surface area contributed by atoms with Crippen LogP contribution in [0.15, 0.2) is 73.8 Å². The largest absolute Gasteiger partial charge is 0.494 e. The fourth-order valence-electron chi connectivity index (χ4n) is 7.09. The number of likely N-dealkylation sites (tertiary alicyclic amines) is 1. The van der Waals surface area contributed by atoms with Crippen molar-refractivity contribution in [3.05, 3.63) is 78.9 Å². The van der Waals surface area contributed by atoms with E-state index in [2.05, 4.69) is 13.2 Å². The summed E-state index contributed by atoms with van der Waals surface area (Å²) in [5.74, 6) is -1.67. The molecule has 0 aliphatic carbocycles. The first-order chi connectivity index (χ1) is 21.3. The first kappa shape index (κ1) is 31.8. The standard InChI is InChI=1S/C34H40ClN3O6/c1-4-19-36(25-13-15-26(16-14-25)43-6-3)31(40)28-27-17-18-34(44-27)29(28)32(41)38(21-7-8-22-39)30(34)33(42)37(20-5-2)24-11-9-23(35)10-12-24/h4-5,9-16,27-30,39H,1-2,6-8,17-22H2,3H3/t27-,28+,29-,30?,34?/m0/s1. The van der Waals surface area contributed by atoms with Gasteiger partial charge in [-0.2, -0.15) is 0 Å². The Hall–Kier alpha value is -3.66. The van der Waals surface area contributed by atoms with Crippen molar-refractivity contribution in [3.63, 3.8) is 0 Å². The van der Waals surface area contributed by atoms with Gasteiger partial charge in [0.05, 0.1) is 24.5 Å². The second-order valence-electron chi connectivity index (χ2n) is 11.4. The van der Waals surface area contributed by atoms with Gasteiger partial charge in [-0.3, -0.25) is 14.4 Å². The van der Waals surface area contributed by atoms with Crippen LogP contribution in [-0.2, 0) is 19.1 Å². The average molecular weight is 622 g/mol. The molecule has 2 aromatic rings. The number of aliphatic hydroxyl groups excluding tert-OH is 1. The number of anilines is 2. The molecule has 0 radical (unpaired) electrons. The molecule has 3 saturated heterocycles. The minimum atomic E-state index is -1.15. The number of carbonyl (C=O) groups excluding carboxylic acids is 3. The lowest BCUT2D eigenvalue weighted by molar-refractivity contribution is -0.140. The minimum absolute atomic E-state index is 0.0269. The number of halogens is 1. The van der Waals surface area contributed by atoms with Crippen molar-refractivity contribution in [3.8, 4) is 5.75 Å². The smallest absolute Gasteiger partial charge is 0.253 e. The van der Waals surface area contributed by atoms with Crippen LogP contribution < -0.4 is 14.5 Å². The van der Waals surface area contributed by atoms with E-state index in [1.54, 1.807) is 51.1 Å². The number of hydrogen-bond donors (Lipinski definition) is 1. The highest BCUT2D eigenvalue weighted by Crippen LogP contribution is 2.59. The molecule has 1 N–H and O–H groups in total. The maximum atomic E-state index is 14.6. The number of nitrogens with zero attached hydrogens (tertiary/aromatic N) is 3. The molecule has 2 bridgehead atoms. The molecule has 1 spiro atoms. The molecule has 3 fully saturated rings. The van der Waals surface area contributed by atoms with Crippen LogP contribution in [-0.4, -0.2) is 78.3 Å². The molecular weight excluding hydrogens is 582 g/mol. The van der Waals surface area contributed by atoms with Crippen LogP contribution in [0.5, 0.6) is 5.75 Å². The van der Waals surface area contributed by atoms with Crippen molar-refractivity contribution in [2.45, 2.75) is 50.4 Å². The number of hydrogen-bond acceptors (Lipinski definition) is 6. The third-order valence-corrected chi connectivity index (χ3v) is 9.13. The summed E-state index contributed by atoms with van der Waals surface area (Å²) in [7, 11) is 0. The average Bonchev–Trinajstić information content (AvgIpc) is 3.67. The Morgan fingerprint density at radius 2 is 1.66 bits per heavy atom. The van der Waals surface area contributed by atoms with Gasteiger partial charge < -0.3 is 29.3 Å². The number of unbranched alkanes of at least 4 members (excludes halogenated alkanes) is 1. The Kier molecular flexibility index (Phi) is 9.78. The van der Waals surface area contributed by atoms with E-state index in [1.165, 1.54) is 0 Å². The van der Waals surface area contributed by atoms with Gasteiger partial charge in [0.25, 0.3) is 5.91 Å². The number of benzene rings is 2. The fourth-order valence-corrected chi connectivity index (χ4v) is 7.22. The van der Waals surface area contributed by atoms with Crippen LogP contribution in [0, 0.1) is 11.8 Å². The van der Waals surface area contributed by atoms with E-state index in [0.29, 0.717) is 54.4 Å². The van der Waals surface area contributed by atoms with Crippen molar-refractivity contribution in [1.29, 1.82) is 0 Å². The van der Waals surface area contributed by atoms with Gasteiger partial charge in [0.1, 0.15) is 17.4 Å². The van der Waals surface area contributed by atoms with Gasteiger partial charge in [0.2, 0.25) is 11.8 Å². The number of fused-ring (bicyclic) bond motifs is 1. The van der Waals surface area contributed by atoms with E-state index in [0.717, 1.165) is 0 Å². The van der Waals surface area contributed by atoms with Crippen molar-refractivity contribution in [2.75, 3.05) is 42.6 Å². The summed E-state index contributed by atoms with van der Waals surface area (Å²) < 4.78 is 12.2. The van der Waals surface area contributed by atoms with Crippen LogP contribution in [0.3, 0.4) is 0 Å². The first-order valence-corrected chi connectivity index (χ1v) is 15.6. The molecular formula is C34H40ClN3O6. The Balaban J connectivity index is 1.52. The highest BCUT2D eigenvalue weighted by molar-refractivity contribution is 6.30.